The van der Waals surface area contributed by atoms with Crippen molar-refractivity contribution in [2.45, 2.75) is 13.1 Å². The Balaban J connectivity index is 0.00000108. The van der Waals surface area contributed by atoms with Gasteiger partial charge in [-0.1, -0.05) is 32.7 Å². The lowest BCUT2D eigenvalue weighted by molar-refractivity contribution is -0.137. The summed E-state index contributed by atoms with van der Waals surface area (Å²) in [6, 6.07) is 3.33. The van der Waals surface area contributed by atoms with Crippen LogP contribution in [0.5, 0.6) is 0 Å². The highest BCUT2D eigenvalue weighted by atomic mass is 79.9. The molecule has 0 aromatic heterocycles. The van der Waals surface area contributed by atoms with Crippen molar-refractivity contribution in [3.05, 3.63) is 45.4 Å². The number of benzene rings is 1. The summed E-state index contributed by atoms with van der Waals surface area (Å²) in [5.41, 5.74) is -0.779. The molecular formula is C12H11BrClF3N2O3S. The van der Waals surface area contributed by atoms with Crippen molar-refractivity contribution < 1.29 is 26.4 Å². The van der Waals surface area contributed by atoms with Crippen molar-refractivity contribution in [2.24, 2.45) is 5.16 Å². The molecule has 0 radical (unpaired) electrons. The van der Waals surface area contributed by atoms with Crippen LogP contribution in [-0.2, 0) is 21.5 Å². The molecule has 23 heavy (non-hydrogen) atoms. The van der Waals surface area contributed by atoms with E-state index in [4.69, 9.17) is 29.6 Å². The Morgan fingerprint density at radius 3 is 2.52 bits per heavy atom. The predicted octanol–water partition coefficient (Wildman–Crippen LogP) is 4.64. The zero-order chi connectivity index (χ0) is 18.0. The van der Waals surface area contributed by atoms with E-state index in [1.165, 1.54) is 19.1 Å². The van der Waals surface area contributed by atoms with Gasteiger partial charge < -0.3 is 4.84 Å². The summed E-state index contributed by atoms with van der Waals surface area (Å²) in [5, 5.41) is 3.84. The van der Waals surface area contributed by atoms with Crippen LogP contribution in [0.2, 0.25) is 5.02 Å². The number of rotatable bonds is 4. The molecule has 1 rings (SSSR count). The van der Waals surface area contributed by atoms with Gasteiger partial charge in [0.25, 0.3) is 0 Å². The third kappa shape index (κ3) is 9.36. The van der Waals surface area contributed by atoms with E-state index in [0.717, 1.165) is 6.07 Å². The molecular weight excluding hydrogens is 425 g/mol. The van der Waals surface area contributed by atoms with E-state index >= 15 is 0 Å². The molecule has 0 aliphatic carbocycles. The standard InChI is InChI=1S/C12H10BrClF3NO.HNO2S/c1-8(18-19-6-2-5-13)10-7-9(14)3-4-11(10)12(15,16)17;1-4(2)3/h2-5,7H,6H2,1H3;1H/b5-2+,18-8+;. The molecule has 0 saturated carbocycles. The van der Waals surface area contributed by atoms with Gasteiger partial charge in [0.15, 0.2) is 0 Å². The van der Waals surface area contributed by atoms with Crippen LogP contribution in [0.4, 0.5) is 13.2 Å². The molecule has 128 valence electrons. The van der Waals surface area contributed by atoms with Gasteiger partial charge in [0.2, 0.25) is 0 Å². The normalized spacial score (nSPS) is 11.8. The van der Waals surface area contributed by atoms with Crippen LogP contribution in [0.15, 0.2) is 34.4 Å². The topological polar surface area (TPSA) is 79.6 Å². The monoisotopic (exact) mass is 434 g/mol. The number of hydrogen-bond donors (Lipinski definition) is 1. The molecule has 1 aromatic carbocycles. The van der Waals surface area contributed by atoms with Crippen LogP contribution < -0.4 is 0 Å². The summed E-state index contributed by atoms with van der Waals surface area (Å²) in [5.74, 6) is 0. The predicted molar refractivity (Wildman–Crippen MR) is 84.3 cm³/mol. The first kappa shape index (κ1) is 21.6. The van der Waals surface area contributed by atoms with Gasteiger partial charge in [-0.15, -0.1) is 0 Å². The molecule has 0 aliphatic heterocycles. The van der Waals surface area contributed by atoms with E-state index in [1.54, 1.807) is 11.1 Å². The van der Waals surface area contributed by atoms with Crippen LogP contribution in [-0.4, -0.2) is 20.7 Å². The van der Waals surface area contributed by atoms with Crippen molar-refractivity contribution in [2.75, 3.05) is 6.61 Å². The van der Waals surface area contributed by atoms with Crippen LogP contribution >= 0.6 is 27.5 Å². The number of halogens is 5. The molecule has 0 spiro atoms. The number of nitrogens with zero attached hydrogens (tertiary/aromatic N) is 1. The lowest BCUT2D eigenvalue weighted by Crippen LogP contribution is -2.12. The van der Waals surface area contributed by atoms with Gasteiger partial charge in [0.1, 0.15) is 6.61 Å². The Bertz CT molecular complexity index is 684. The molecule has 0 amide bonds. The van der Waals surface area contributed by atoms with E-state index in [1.807, 2.05) is 0 Å². The maximum atomic E-state index is 12.8. The molecule has 0 heterocycles. The first-order chi connectivity index (χ1) is 10.6. The Hall–Kier alpha value is -1.39. The van der Waals surface area contributed by atoms with Gasteiger partial charge in [-0.05, 0) is 36.2 Å². The van der Waals surface area contributed by atoms with E-state index in [0.29, 0.717) is 0 Å². The Kier molecular flexibility index (Phi) is 9.77. The second kappa shape index (κ2) is 10.4. The van der Waals surface area contributed by atoms with Gasteiger partial charge in [-0.2, -0.15) is 26.4 Å². The summed E-state index contributed by atoms with van der Waals surface area (Å²) < 4.78 is 61.3. The molecule has 0 atom stereocenters. The Morgan fingerprint density at radius 1 is 1.48 bits per heavy atom. The quantitative estimate of drug-likeness (QED) is 0.425. The zero-order valence-electron chi connectivity index (χ0n) is 11.6. The van der Waals surface area contributed by atoms with Crippen molar-refractivity contribution in [1.29, 1.82) is 4.78 Å². The Labute approximate surface area is 145 Å². The summed E-state index contributed by atoms with van der Waals surface area (Å²) >= 11 is 8.75. The summed E-state index contributed by atoms with van der Waals surface area (Å²) in [4.78, 5) is 6.43. The lowest BCUT2D eigenvalue weighted by Gasteiger charge is -2.12. The largest absolute Gasteiger partial charge is 0.417 e. The zero-order valence-corrected chi connectivity index (χ0v) is 14.7. The van der Waals surface area contributed by atoms with Gasteiger partial charge in [0, 0.05) is 10.6 Å². The maximum Gasteiger partial charge on any atom is 0.417 e. The molecule has 0 bridgehead atoms. The molecule has 0 unspecified atom stereocenters. The van der Waals surface area contributed by atoms with E-state index < -0.39 is 22.2 Å². The second-order valence-corrected chi connectivity index (χ2v) is 5.19. The number of oxime groups is 1. The molecule has 11 heteroatoms. The average Bonchev–Trinajstić information content (AvgIpc) is 2.41. The number of nitrogens with one attached hydrogen (secondary N) is 1. The minimum absolute atomic E-state index is 0.0946. The highest BCUT2D eigenvalue weighted by Crippen LogP contribution is 2.33. The van der Waals surface area contributed by atoms with Crippen LogP contribution in [0.3, 0.4) is 0 Å². The molecule has 0 saturated heterocycles. The van der Waals surface area contributed by atoms with Crippen molar-refractivity contribution in [3.8, 4) is 0 Å². The fourth-order valence-corrected chi connectivity index (χ4v) is 1.65. The van der Waals surface area contributed by atoms with Crippen molar-refractivity contribution >= 4 is 43.7 Å². The highest BCUT2D eigenvalue weighted by molar-refractivity contribution is 9.11. The van der Waals surface area contributed by atoms with Gasteiger partial charge in [-0.25, -0.2) is 0 Å². The van der Waals surface area contributed by atoms with Gasteiger partial charge in [0.05, 0.1) is 11.3 Å². The van der Waals surface area contributed by atoms with Crippen LogP contribution in [0, 0.1) is 4.78 Å². The molecule has 0 fully saturated rings. The van der Waals surface area contributed by atoms with Gasteiger partial charge >= 0.3 is 16.7 Å². The third-order valence-corrected chi connectivity index (χ3v) is 2.75. The minimum atomic E-state index is -4.47. The molecule has 5 nitrogen and oxygen atoms in total. The van der Waals surface area contributed by atoms with Gasteiger partial charge in [-0.3, -0.25) is 0 Å². The first-order valence-corrected chi connectivity index (χ1v) is 8.05. The fraction of sp³-hybridized carbons (Fsp3) is 0.250. The first-order valence-electron chi connectivity index (χ1n) is 5.69. The molecule has 1 N–H and O–H groups in total. The van der Waals surface area contributed by atoms with Crippen molar-refractivity contribution in [1.82, 2.24) is 0 Å². The van der Waals surface area contributed by atoms with Crippen LogP contribution in [0.1, 0.15) is 18.1 Å². The summed E-state index contributed by atoms with van der Waals surface area (Å²) in [7, 11) is -2.61. The third-order valence-electron chi connectivity index (χ3n) is 2.14. The molecule has 0 aliphatic rings. The fourth-order valence-electron chi connectivity index (χ4n) is 1.33. The summed E-state index contributed by atoms with van der Waals surface area (Å²) in [6.07, 6.45) is -2.86. The molecule has 1 aromatic rings. The minimum Gasteiger partial charge on any atom is -0.391 e. The van der Waals surface area contributed by atoms with E-state index in [-0.39, 0.29) is 22.9 Å². The Morgan fingerprint density at radius 2 is 2.04 bits per heavy atom. The van der Waals surface area contributed by atoms with E-state index in [2.05, 4.69) is 21.1 Å². The van der Waals surface area contributed by atoms with Crippen LogP contribution in [0.25, 0.3) is 0 Å². The smallest absolute Gasteiger partial charge is 0.391 e. The summed E-state index contributed by atoms with van der Waals surface area (Å²) in [6.45, 7) is 1.59. The number of hydrogen-bond acceptors (Lipinski definition) is 5. The maximum absolute atomic E-state index is 12.8. The van der Waals surface area contributed by atoms with Crippen molar-refractivity contribution in [3.63, 3.8) is 0 Å². The van der Waals surface area contributed by atoms with E-state index in [9.17, 15) is 13.2 Å². The number of alkyl halides is 3. The lowest BCUT2D eigenvalue weighted by atomic mass is 10.0. The SMILES string of the molecule is C/C(=N\OC/C=C/Br)c1cc(Cl)ccc1C(F)(F)F.N=S(=O)=O. The highest BCUT2D eigenvalue weighted by Gasteiger charge is 2.34. The average molecular weight is 436 g/mol. The second-order valence-electron chi connectivity index (χ2n) is 3.76.